The summed E-state index contributed by atoms with van der Waals surface area (Å²) in [6, 6.07) is 8.00. The van der Waals surface area contributed by atoms with E-state index in [0.717, 1.165) is 24.1 Å². The fraction of sp³-hybridized carbons (Fsp3) is 0.600. The molecule has 0 spiro atoms. The van der Waals surface area contributed by atoms with Gasteiger partial charge in [-0.15, -0.1) is 0 Å². The van der Waals surface area contributed by atoms with Gasteiger partial charge in [0.2, 0.25) is 11.8 Å². The highest BCUT2D eigenvalue weighted by Gasteiger charge is 2.35. The number of carbonyl (C=O) groups is 2. The topological polar surface area (TPSA) is 49.4 Å². The minimum Gasteiger partial charge on any atom is -0.353 e. The van der Waals surface area contributed by atoms with Gasteiger partial charge in [-0.25, -0.2) is 0 Å². The van der Waals surface area contributed by atoms with E-state index < -0.39 is 0 Å². The van der Waals surface area contributed by atoms with Crippen LogP contribution in [-0.2, 0) is 9.59 Å². The highest BCUT2D eigenvalue weighted by atomic mass is 16.2. The first-order valence-electron chi connectivity index (χ1n) is 9.04. The van der Waals surface area contributed by atoms with Crippen LogP contribution in [0, 0.1) is 18.8 Å². The molecule has 2 rings (SSSR count). The molecule has 0 unspecified atom stereocenters. The van der Waals surface area contributed by atoms with E-state index in [9.17, 15) is 9.59 Å². The Morgan fingerprint density at radius 3 is 2.62 bits per heavy atom. The van der Waals surface area contributed by atoms with Crippen LogP contribution in [0.5, 0.6) is 0 Å². The van der Waals surface area contributed by atoms with Crippen LogP contribution in [0.4, 0.5) is 5.69 Å². The Morgan fingerprint density at radius 1 is 1.25 bits per heavy atom. The molecule has 1 aliphatic rings. The first kappa shape index (κ1) is 18.5. The molecule has 1 heterocycles. The van der Waals surface area contributed by atoms with Crippen molar-refractivity contribution in [3.8, 4) is 0 Å². The molecule has 132 valence electrons. The number of nitrogens with one attached hydrogen (secondary N) is 1. The maximum atomic E-state index is 12.5. The van der Waals surface area contributed by atoms with Crippen molar-refractivity contribution in [3.05, 3.63) is 29.8 Å². The monoisotopic (exact) mass is 330 g/mol. The van der Waals surface area contributed by atoms with Gasteiger partial charge in [0.1, 0.15) is 0 Å². The smallest absolute Gasteiger partial charge is 0.227 e. The van der Waals surface area contributed by atoms with Crippen LogP contribution in [0.15, 0.2) is 24.3 Å². The number of hydrogen-bond acceptors (Lipinski definition) is 2. The van der Waals surface area contributed by atoms with E-state index in [-0.39, 0.29) is 23.8 Å². The number of benzene rings is 1. The Labute approximate surface area is 145 Å². The van der Waals surface area contributed by atoms with Gasteiger partial charge in [-0.2, -0.15) is 0 Å². The molecule has 0 saturated carbocycles. The zero-order valence-corrected chi connectivity index (χ0v) is 15.3. The molecule has 1 aromatic rings. The molecule has 2 atom stereocenters. The maximum absolute atomic E-state index is 12.5. The van der Waals surface area contributed by atoms with E-state index in [1.165, 1.54) is 6.42 Å². The standard InChI is InChI=1S/C20H30N2O2/c1-14(2)8-7-10-16(4)21-20(24)17-12-19(23)22(13-17)18-11-6-5-9-15(18)3/h5-6,9,11,14,16-17H,7-8,10,12-13H2,1-4H3,(H,21,24)/t16-,17-/m1/s1. The van der Waals surface area contributed by atoms with Gasteiger partial charge in [0.05, 0.1) is 5.92 Å². The summed E-state index contributed by atoms with van der Waals surface area (Å²) in [5.74, 6) is 0.501. The summed E-state index contributed by atoms with van der Waals surface area (Å²) in [5, 5.41) is 3.08. The van der Waals surface area contributed by atoms with Gasteiger partial charge in [-0.3, -0.25) is 9.59 Å². The lowest BCUT2D eigenvalue weighted by Gasteiger charge is -2.20. The number of aryl methyl sites for hydroxylation is 1. The fourth-order valence-electron chi connectivity index (χ4n) is 3.25. The van der Waals surface area contributed by atoms with Crippen molar-refractivity contribution in [2.24, 2.45) is 11.8 Å². The summed E-state index contributed by atoms with van der Waals surface area (Å²) in [4.78, 5) is 26.5. The Bertz CT molecular complexity index is 583. The average Bonchev–Trinajstić information content (AvgIpc) is 2.89. The summed E-state index contributed by atoms with van der Waals surface area (Å²) >= 11 is 0. The van der Waals surface area contributed by atoms with Crippen molar-refractivity contribution in [3.63, 3.8) is 0 Å². The van der Waals surface area contributed by atoms with Crippen molar-refractivity contribution in [1.29, 1.82) is 0 Å². The van der Waals surface area contributed by atoms with Gasteiger partial charge in [-0.05, 0) is 37.8 Å². The first-order chi connectivity index (χ1) is 11.4. The molecule has 0 radical (unpaired) electrons. The summed E-state index contributed by atoms with van der Waals surface area (Å²) in [5.41, 5.74) is 1.98. The van der Waals surface area contributed by atoms with Crippen LogP contribution in [0.25, 0.3) is 0 Å². The Balaban J connectivity index is 1.88. The molecule has 0 aromatic heterocycles. The molecule has 4 heteroatoms. The lowest BCUT2D eigenvalue weighted by atomic mass is 10.0. The van der Waals surface area contributed by atoms with Crippen molar-refractivity contribution < 1.29 is 9.59 Å². The zero-order valence-electron chi connectivity index (χ0n) is 15.3. The van der Waals surface area contributed by atoms with Crippen LogP contribution >= 0.6 is 0 Å². The molecule has 24 heavy (non-hydrogen) atoms. The zero-order chi connectivity index (χ0) is 17.7. The van der Waals surface area contributed by atoms with Crippen molar-refractivity contribution in [1.82, 2.24) is 5.32 Å². The van der Waals surface area contributed by atoms with Crippen molar-refractivity contribution >= 4 is 17.5 Å². The molecule has 0 bridgehead atoms. The SMILES string of the molecule is Cc1ccccc1N1C[C@H](C(=O)N[C@H](C)CCCC(C)C)CC1=O. The number of rotatable bonds is 7. The minimum atomic E-state index is -0.246. The normalized spacial score (nSPS) is 19.0. The Kier molecular flexibility index (Phi) is 6.41. The summed E-state index contributed by atoms with van der Waals surface area (Å²) in [6.07, 6.45) is 3.60. The van der Waals surface area contributed by atoms with Gasteiger partial charge >= 0.3 is 0 Å². The predicted octanol–water partition coefficient (Wildman–Crippen LogP) is 3.68. The molecular weight excluding hydrogens is 300 g/mol. The molecule has 1 N–H and O–H groups in total. The van der Waals surface area contributed by atoms with E-state index in [0.29, 0.717) is 18.9 Å². The van der Waals surface area contributed by atoms with Crippen molar-refractivity contribution in [2.75, 3.05) is 11.4 Å². The van der Waals surface area contributed by atoms with Crippen molar-refractivity contribution in [2.45, 2.75) is 59.4 Å². The number of para-hydroxylation sites is 1. The average molecular weight is 330 g/mol. The third-order valence-electron chi connectivity index (χ3n) is 4.71. The van der Waals surface area contributed by atoms with E-state index >= 15 is 0 Å². The molecule has 4 nitrogen and oxygen atoms in total. The lowest BCUT2D eigenvalue weighted by Crippen LogP contribution is -2.38. The van der Waals surface area contributed by atoms with Gasteiger partial charge in [-0.1, -0.05) is 44.9 Å². The van der Waals surface area contributed by atoms with Gasteiger partial charge in [0, 0.05) is 24.7 Å². The predicted molar refractivity (Wildman–Crippen MR) is 97.9 cm³/mol. The van der Waals surface area contributed by atoms with E-state index in [1.807, 2.05) is 38.1 Å². The molecular formula is C20H30N2O2. The van der Waals surface area contributed by atoms with Gasteiger partial charge in [0.15, 0.2) is 0 Å². The quantitative estimate of drug-likeness (QED) is 0.829. The van der Waals surface area contributed by atoms with Crippen LogP contribution in [-0.4, -0.2) is 24.4 Å². The second kappa shape index (κ2) is 8.32. The number of hydrogen-bond donors (Lipinski definition) is 1. The van der Waals surface area contributed by atoms with E-state index in [2.05, 4.69) is 19.2 Å². The highest BCUT2D eigenvalue weighted by molar-refractivity contribution is 6.00. The maximum Gasteiger partial charge on any atom is 0.227 e. The highest BCUT2D eigenvalue weighted by Crippen LogP contribution is 2.27. The summed E-state index contributed by atoms with van der Waals surface area (Å²) in [6.45, 7) is 8.95. The number of nitrogens with zero attached hydrogens (tertiary/aromatic N) is 1. The second-order valence-corrected chi connectivity index (χ2v) is 7.43. The number of carbonyl (C=O) groups excluding carboxylic acids is 2. The molecule has 2 amide bonds. The van der Waals surface area contributed by atoms with Gasteiger partial charge < -0.3 is 10.2 Å². The molecule has 1 aromatic carbocycles. The summed E-state index contributed by atoms with van der Waals surface area (Å²) in [7, 11) is 0. The number of amides is 2. The van der Waals surface area contributed by atoms with E-state index in [1.54, 1.807) is 4.90 Å². The molecule has 1 saturated heterocycles. The third kappa shape index (κ3) is 4.83. The Morgan fingerprint density at radius 2 is 1.96 bits per heavy atom. The second-order valence-electron chi connectivity index (χ2n) is 7.43. The van der Waals surface area contributed by atoms with Crippen LogP contribution in [0.2, 0.25) is 0 Å². The first-order valence-corrected chi connectivity index (χ1v) is 9.04. The largest absolute Gasteiger partial charge is 0.353 e. The lowest BCUT2D eigenvalue weighted by molar-refractivity contribution is -0.126. The summed E-state index contributed by atoms with van der Waals surface area (Å²) < 4.78 is 0. The molecule has 0 aliphatic carbocycles. The van der Waals surface area contributed by atoms with Crippen LogP contribution in [0.3, 0.4) is 0 Å². The van der Waals surface area contributed by atoms with E-state index in [4.69, 9.17) is 0 Å². The third-order valence-corrected chi connectivity index (χ3v) is 4.71. The van der Waals surface area contributed by atoms with Crippen LogP contribution in [0.1, 0.15) is 52.0 Å². The molecule has 1 aliphatic heterocycles. The minimum absolute atomic E-state index is 0.0106. The molecule has 1 fully saturated rings. The van der Waals surface area contributed by atoms with Gasteiger partial charge in [0.25, 0.3) is 0 Å². The number of anilines is 1. The van der Waals surface area contributed by atoms with Crippen LogP contribution < -0.4 is 10.2 Å². The fourth-order valence-corrected chi connectivity index (χ4v) is 3.25. The Hall–Kier alpha value is -1.84.